The average Bonchev–Trinajstić information content (AvgIpc) is 3.00. The highest BCUT2D eigenvalue weighted by atomic mass is 32.2. The van der Waals surface area contributed by atoms with E-state index in [9.17, 15) is 4.79 Å². The van der Waals surface area contributed by atoms with Gasteiger partial charge in [0, 0.05) is 6.08 Å². The number of carbonyl (C=O) groups is 1. The largest absolute Gasteiger partial charge is 0.462 e. The molecular weight excluding hydrogens is 314 g/mol. The van der Waals surface area contributed by atoms with Crippen molar-refractivity contribution in [1.29, 1.82) is 0 Å². The first-order valence-electron chi connectivity index (χ1n) is 6.90. The molecule has 0 atom stereocenters. The summed E-state index contributed by atoms with van der Waals surface area (Å²) in [5, 5.41) is 0. The van der Waals surface area contributed by atoms with Crippen molar-refractivity contribution in [2.45, 2.75) is 20.4 Å². The van der Waals surface area contributed by atoms with Gasteiger partial charge in [0.05, 0.1) is 11.4 Å². The Morgan fingerprint density at radius 3 is 2.55 bits per heavy atom. The zero-order valence-electron chi connectivity index (χ0n) is 12.3. The van der Waals surface area contributed by atoms with E-state index in [2.05, 4.69) is 0 Å². The monoisotopic (exact) mass is 329 g/mol. The molecule has 5 heteroatoms. The summed E-state index contributed by atoms with van der Waals surface area (Å²) in [6.45, 7) is 4.41. The minimum absolute atomic E-state index is 0.0652. The van der Waals surface area contributed by atoms with E-state index in [-0.39, 0.29) is 5.91 Å². The number of thiocarbonyl (C=S) groups is 1. The maximum absolute atomic E-state index is 12.5. The second kappa shape index (κ2) is 6.10. The molecule has 22 heavy (non-hydrogen) atoms. The molecule has 1 aliphatic heterocycles. The number of aryl methyl sites for hydroxylation is 2. The van der Waals surface area contributed by atoms with Gasteiger partial charge < -0.3 is 4.42 Å². The molecule has 2 aromatic rings. The van der Waals surface area contributed by atoms with Crippen molar-refractivity contribution in [3.63, 3.8) is 0 Å². The third-order valence-electron chi connectivity index (χ3n) is 3.37. The summed E-state index contributed by atoms with van der Waals surface area (Å²) >= 11 is 6.65. The third-order valence-corrected chi connectivity index (χ3v) is 4.75. The predicted molar refractivity (Wildman–Crippen MR) is 93.3 cm³/mol. The van der Waals surface area contributed by atoms with Crippen LogP contribution >= 0.6 is 24.0 Å². The van der Waals surface area contributed by atoms with E-state index in [1.807, 2.05) is 50.2 Å². The summed E-state index contributed by atoms with van der Waals surface area (Å²) in [7, 11) is 0. The lowest BCUT2D eigenvalue weighted by Crippen LogP contribution is -2.27. The van der Waals surface area contributed by atoms with Crippen LogP contribution in [0.2, 0.25) is 0 Å². The van der Waals surface area contributed by atoms with Gasteiger partial charge >= 0.3 is 0 Å². The number of benzene rings is 1. The fourth-order valence-corrected chi connectivity index (χ4v) is 3.41. The van der Waals surface area contributed by atoms with E-state index >= 15 is 0 Å². The third kappa shape index (κ3) is 3.15. The molecule has 1 aliphatic rings. The Hall–Kier alpha value is -1.85. The Kier molecular flexibility index (Phi) is 4.18. The molecule has 1 saturated heterocycles. The van der Waals surface area contributed by atoms with Crippen LogP contribution in [0.25, 0.3) is 6.08 Å². The first-order valence-corrected chi connectivity index (χ1v) is 8.13. The van der Waals surface area contributed by atoms with Crippen molar-refractivity contribution in [3.05, 3.63) is 64.0 Å². The highest BCUT2D eigenvalue weighted by molar-refractivity contribution is 8.26. The van der Waals surface area contributed by atoms with Gasteiger partial charge in [0.15, 0.2) is 0 Å². The van der Waals surface area contributed by atoms with Gasteiger partial charge in [0.1, 0.15) is 15.8 Å². The number of rotatable bonds is 3. The molecule has 0 saturated carbocycles. The average molecular weight is 329 g/mol. The minimum Gasteiger partial charge on any atom is -0.462 e. The standard InChI is InChI=1S/C17H15NO2S2/c1-11-3-6-13(7-4-11)10-18-16(19)15(22-17(18)21)9-14-8-5-12(2)20-14/h3-9H,10H2,1-2H3/b15-9-. The second-order valence-corrected chi connectivity index (χ2v) is 6.88. The summed E-state index contributed by atoms with van der Waals surface area (Å²) < 4.78 is 6.08. The zero-order valence-corrected chi connectivity index (χ0v) is 14.0. The van der Waals surface area contributed by atoms with Gasteiger partial charge in [-0.05, 0) is 31.5 Å². The fraction of sp³-hybridized carbons (Fsp3) is 0.176. The first kappa shape index (κ1) is 15.1. The van der Waals surface area contributed by atoms with Crippen molar-refractivity contribution in [1.82, 2.24) is 4.90 Å². The fourth-order valence-electron chi connectivity index (χ4n) is 2.17. The van der Waals surface area contributed by atoms with Crippen LogP contribution < -0.4 is 0 Å². The van der Waals surface area contributed by atoms with Crippen LogP contribution in [0.3, 0.4) is 0 Å². The van der Waals surface area contributed by atoms with Gasteiger partial charge in [-0.3, -0.25) is 9.69 Å². The van der Waals surface area contributed by atoms with E-state index in [0.717, 1.165) is 11.3 Å². The summed E-state index contributed by atoms with van der Waals surface area (Å²) in [6, 6.07) is 11.8. The van der Waals surface area contributed by atoms with Crippen LogP contribution in [-0.4, -0.2) is 15.1 Å². The van der Waals surface area contributed by atoms with Gasteiger partial charge in [-0.2, -0.15) is 0 Å². The van der Waals surface area contributed by atoms with Crippen LogP contribution in [0.4, 0.5) is 0 Å². The topological polar surface area (TPSA) is 33.5 Å². The van der Waals surface area contributed by atoms with E-state index in [4.69, 9.17) is 16.6 Å². The number of hydrogen-bond donors (Lipinski definition) is 0. The molecule has 112 valence electrons. The highest BCUT2D eigenvalue weighted by Gasteiger charge is 2.32. The number of hydrogen-bond acceptors (Lipinski definition) is 4. The predicted octanol–water partition coefficient (Wildman–Crippen LogP) is 4.30. The summed E-state index contributed by atoms with van der Waals surface area (Å²) in [4.78, 5) is 14.7. The molecule has 1 aromatic carbocycles. The smallest absolute Gasteiger partial charge is 0.266 e. The lowest BCUT2D eigenvalue weighted by Gasteiger charge is -2.14. The summed E-state index contributed by atoms with van der Waals surface area (Å²) in [6.07, 6.45) is 1.75. The normalized spacial score (nSPS) is 16.8. The van der Waals surface area contributed by atoms with Gasteiger partial charge in [-0.25, -0.2) is 0 Å². The number of amides is 1. The number of carbonyl (C=O) groups excluding carboxylic acids is 1. The molecule has 0 unspecified atom stereocenters. The van der Waals surface area contributed by atoms with E-state index in [1.54, 1.807) is 11.0 Å². The minimum atomic E-state index is -0.0652. The maximum Gasteiger partial charge on any atom is 0.266 e. The van der Waals surface area contributed by atoms with Crippen molar-refractivity contribution in [2.75, 3.05) is 0 Å². The molecule has 0 spiro atoms. The Morgan fingerprint density at radius 2 is 1.91 bits per heavy atom. The van der Waals surface area contributed by atoms with Crippen molar-refractivity contribution in [2.24, 2.45) is 0 Å². The van der Waals surface area contributed by atoms with Crippen LogP contribution in [0.5, 0.6) is 0 Å². The Labute approximate surface area is 139 Å². The van der Waals surface area contributed by atoms with Crippen molar-refractivity contribution < 1.29 is 9.21 Å². The van der Waals surface area contributed by atoms with Gasteiger partial charge in [0.25, 0.3) is 5.91 Å². The molecule has 2 heterocycles. The lowest BCUT2D eigenvalue weighted by atomic mass is 10.1. The molecule has 0 radical (unpaired) electrons. The molecular formula is C17H15NO2S2. The van der Waals surface area contributed by atoms with Gasteiger partial charge in [-0.15, -0.1) is 0 Å². The van der Waals surface area contributed by atoms with Crippen LogP contribution in [0, 0.1) is 13.8 Å². The molecule has 1 amide bonds. The van der Waals surface area contributed by atoms with Crippen LogP contribution in [0.15, 0.2) is 45.7 Å². The molecule has 0 bridgehead atoms. The van der Waals surface area contributed by atoms with E-state index in [0.29, 0.717) is 21.5 Å². The van der Waals surface area contributed by atoms with Crippen LogP contribution in [-0.2, 0) is 11.3 Å². The number of nitrogens with zero attached hydrogens (tertiary/aromatic N) is 1. The molecule has 1 fully saturated rings. The van der Waals surface area contributed by atoms with Crippen LogP contribution in [0.1, 0.15) is 22.6 Å². The summed E-state index contributed by atoms with van der Waals surface area (Å²) in [5.41, 5.74) is 2.26. The number of thioether (sulfide) groups is 1. The van der Waals surface area contributed by atoms with E-state index < -0.39 is 0 Å². The van der Waals surface area contributed by atoms with E-state index in [1.165, 1.54) is 17.3 Å². The van der Waals surface area contributed by atoms with Crippen molar-refractivity contribution in [3.8, 4) is 0 Å². The Bertz CT molecular complexity index is 759. The first-order chi connectivity index (χ1) is 10.5. The molecule has 0 aliphatic carbocycles. The highest BCUT2D eigenvalue weighted by Crippen LogP contribution is 2.33. The van der Waals surface area contributed by atoms with Crippen molar-refractivity contribution >= 4 is 40.3 Å². The maximum atomic E-state index is 12.5. The molecule has 0 N–H and O–H groups in total. The Morgan fingerprint density at radius 1 is 1.18 bits per heavy atom. The quantitative estimate of drug-likeness (QED) is 0.621. The second-order valence-electron chi connectivity index (χ2n) is 5.20. The Balaban J connectivity index is 1.79. The molecule has 3 nitrogen and oxygen atoms in total. The van der Waals surface area contributed by atoms with Gasteiger partial charge in [-0.1, -0.05) is 53.8 Å². The molecule has 1 aromatic heterocycles. The molecule has 3 rings (SSSR count). The zero-order chi connectivity index (χ0) is 15.7. The van der Waals surface area contributed by atoms with Gasteiger partial charge in [0.2, 0.25) is 0 Å². The summed E-state index contributed by atoms with van der Waals surface area (Å²) in [5.74, 6) is 1.43. The SMILES string of the molecule is Cc1ccc(CN2C(=O)/C(=C/c3ccc(C)o3)SC2=S)cc1. The number of furan rings is 1. The lowest BCUT2D eigenvalue weighted by molar-refractivity contribution is -0.122.